The van der Waals surface area contributed by atoms with Crippen molar-refractivity contribution < 1.29 is 26.4 Å². The highest BCUT2D eigenvalue weighted by Crippen LogP contribution is 2.21. The minimum absolute atomic E-state index is 0. The average Bonchev–Trinajstić information content (AvgIpc) is 2.99. The van der Waals surface area contributed by atoms with Gasteiger partial charge in [0.05, 0.1) is 12.4 Å². The summed E-state index contributed by atoms with van der Waals surface area (Å²) in [5, 5.41) is 3.99. The maximum absolute atomic E-state index is 13.2. The van der Waals surface area contributed by atoms with E-state index in [0.717, 1.165) is 13.0 Å². The molecule has 4 heteroatoms. The number of piperidine rings is 1. The fourth-order valence-electron chi connectivity index (χ4n) is 3.61. The molecular formula is C19H20BrFN2. The third kappa shape index (κ3) is 3.19. The smallest absolute Gasteiger partial charge is 0.136 e. The standard InChI is InChI=1S/C19H19FN2.BrH/c20-18-10-8-15(9-11-18)19-7-3-4-12-22(19)21-13-16-5-1-2-6-17(16)14-21;/h1-2,5-6,8-11,13-14,19H,3-4,7,12H2;1H. The molecule has 0 spiro atoms. The molecule has 1 saturated heterocycles. The highest BCUT2D eigenvalue weighted by atomic mass is 79.9. The van der Waals surface area contributed by atoms with Gasteiger partial charge in [-0.1, -0.05) is 36.4 Å². The maximum atomic E-state index is 13.2. The van der Waals surface area contributed by atoms with Crippen LogP contribution in [0.2, 0.25) is 0 Å². The van der Waals surface area contributed by atoms with Crippen LogP contribution in [0.15, 0.2) is 60.9 Å². The number of benzene rings is 2. The maximum Gasteiger partial charge on any atom is 0.136 e. The normalized spacial score (nSPS) is 21.1. The number of nitrogens with one attached hydrogen (secondary N) is 1. The Hall–Kier alpha value is -1.65. The molecule has 2 nitrogen and oxygen atoms in total. The summed E-state index contributed by atoms with van der Waals surface area (Å²) in [5.74, 6) is -0.159. The zero-order chi connectivity index (χ0) is 14.9. The van der Waals surface area contributed by atoms with Crippen molar-refractivity contribution in [3.05, 3.63) is 72.3 Å². The summed E-state index contributed by atoms with van der Waals surface area (Å²) < 4.78 is 15.5. The summed E-state index contributed by atoms with van der Waals surface area (Å²) in [4.78, 5) is 0. The first-order chi connectivity index (χ1) is 10.8. The Morgan fingerprint density at radius 1 is 0.913 bits per heavy atom. The molecule has 0 saturated carbocycles. The van der Waals surface area contributed by atoms with Crippen LogP contribution < -0.4 is 22.0 Å². The molecule has 120 valence electrons. The van der Waals surface area contributed by atoms with Gasteiger partial charge in [-0.15, -0.1) is 0 Å². The summed E-state index contributed by atoms with van der Waals surface area (Å²) in [6.45, 7) is 1.11. The van der Waals surface area contributed by atoms with Crippen LogP contribution in [0.25, 0.3) is 10.8 Å². The summed E-state index contributed by atoms with van der Waals surface area (Å²) in [6, 6.07) is 15.9. The van der Waals surface area contributed by atoms with Crippen LogP contribution >= 0.6 is 0 Å². The molecule has 4 rings (SSSR count). The molecule has 2 heterocycles. The highest BCUT2D eigenvalue weighted by molar-refractivity contribution is 5.81. The summed E-state index contributed by atoms with van der Waals surface area (Å²) in [7, 11) is 0. The zero-order valence-electron chi connectivity index (χ0n) is 12.9. The van der Waals surface area contributed by atoms with Crippen LogP contribution in [-0.4, -0.2) is 11.2 Å². The zero-order valence-corrected chi connectivity index (χ0v) is 14.5. The number of hydrogen-bond acceptors (Lipinski definition) is 0. The van der Waals surface area contributed by atoms with Gasteiger partial charge in [-0.05, 0) is 25.0 Å². The second-order valence-electron chi connectivity index (χ2n) is 6.14. The molecule has 1 fully saturated rings. The Bertz CT molecular complexity index is 748. The summed E-state index contributed by atoms with van der Waals surface area (Å²) >= 11 is 0. The first-order valence-electron chi connectivity index (χ1n) is 7.99. The van der Waals surface area contributed by atoms with Crippen LogP contribution in [0.5, 0.6) is 0 Å². The Morgan fingerprint density at radius 2 is 1.57 bits per heavy atom. The van der Waals surface area contributed by atoms with Gasteiger partial charge in [0.25, 0.3) is 0 Å². The van der Waals surface area contributed by atoms with Crippen molar-refractivity contribution >= 4 is 10.8 Å². The quantitative estimate of drug-likeness (QED) is 0.663. The van der Waals surface area contributed by atoms with Crippen molar-refractivity contribution in [2.75, 3.05) is 6.54 Å². The van der Waals surface area contributed by atoms with E-state index in [2.05, 4.69) is 41.3 Å². The molecule has 2 aromatic carbocycles. The van der Waals surface area contributed by atoms with Crippen LogP contribution in [0.4, 0.5) is 4.39 Å². The third-order valence-corrected chi connectivity index (χ3v) is 4.73. The highest BCUT2D eigenvalue weighted by Gasteiger charge is 2.29. The monoisotopic (exact) mass is 374 g/mol. The van der Waals surface area contributed by atoms with Crippen molar-refractivity contribution in [2.24, 2.45) is 0 Å². The lowest BCUT2D eigenvalue weighted by Gasteiger charge is -2.32. The van der Waals surface area contributed by atoms with E-state index in [1.54, 1.807) is 12.1 Å². The number of aromatic nitrogens is 1. The lowest BCUT2D eigenvalue weighted by Crippen LogP contribution is -3.15. The van der Waals surface area contributed by atoms with Gasteiger partial charge in [-0.25, -0.2) is 14.1 Å². The van der Waals surface area contributed by atoms with Gasteiger partial charge in [0.2, 0.25) is 0 Å². The van der Waals surface area contributed by atoms with Crippen LogP contribution in [0.3, 0.4) is 0 Å². The molecule has 3 aromatic rings. The first-order valence-corrected chi connectivity index (χ1v) is 7.99. The fraction of sp³-hybridized carbons (Fsp3) is 0.263. The van der Waals surface area contributed by atoms with E-state index in [4.69, 9.17) is 0 Å². The molecule has 0 bridgehead atoms. The molecule has 2 unspecified atom stereocenters. The van der Waals surface area contributed by atoms with Gasteiger partial charge in [-0.3, -0.25) is 0 Å². The summed E-state index contributed by atoms with van der Waals surface area (Å²) in [6.07, 6.45) is 8.09. The van der Waals surface area contributed by atoms with E-state index < -0.39 is 0 Å². The molecule has 0 radical (unpaired) electrons. The predicted molar refractivity (Wildman–Crippen MR) is 86.2 cm³/mol. The minimum atomic E-state index is -0.159. The van der Waals surface area contributed by atoms with Gasteiger partial charge in [0, 0.05) is 22.8 Å². The van der Waals surface area contributed by atoms with Gasteiger partial charge in [0.1, 0.15) is 18.4 Å². The van der Waals surface area contributed by atoms with Gasteiger partial charge < -0.3 is 17.0 Å². The molecule has 23 heavy (non-hydrogen) atoms. The fourth-order valence-corrected chi connectivity index (χ4v) is 3.61. The number of quaternary nitrogens is 1. The summed E-state index contributed by atoms with van der Waals surface area (Å²) in [5.41, 5.74) is 1.23. The molecule has 2 atom stereocenters. The molecular weight excluding hydrogens is 355 g/mol. The van der Waals surface area contributed by atoms with Crippen molar-refractivity contribution in [1.82, 2.24) is 4.68 Å². The second kappa shape index (κ2) is 6.85. The molecule has 0 amide bonds. The Morgan fingerprint density at radius 3 is 2.22 bits per heavy atom. The predicted octanol–water partition coefficient (Wildman–Crippen LogP) is 0.358. The van der Waals surface area contributed by atoms with E-state index in [-0.39, 0.29) is 22.8 Å². The molecule has 1 aliphatic rings. The second-order valence-corrected chi connectivity index (χ2v) is 6.14. The van der Waals surface area contributed by atoms with Crippen molar-refractivity contribution in [1.29, 1.82) is 0 Å². The van der Waals surface area contributed by atoms with E-state index >= 15 is 0 Å². The first kappa shape index (κ1) is 16.2. The Kier molecular flexibility index (Phi) is 4.83. The third-order valence-electron chi connectivity index (χ3n) is 4.73. The largest absolute Gasteiger partial charge is 1.00 e. The molecule has 1 aliphatic heterocycles. The number of hydrogen-bond donors (Lipinski definition) is 1. The number of halogens is 2. The van der Waals surface area contributed by atoms with Crippen molar-refractivity contribution in [3.63, 3.8) is 0 Å². The Labute approximate surface area is 146 Å². The minimum Gasteiger partial charge on any atom is -1.00 e. The van der Waals surface area contributed by atoms with Gasteiger partial charge in [0.15, 0.2) is 0 Å². The molecule has 1 aromatic heterocycles. The molecule has 0 aliphatic carbocycles. The van der Waals surface area contributed by atoms with Gasteiger partial charge >= 0.3 is 0 Å². The lowest BCUT2D eigenvalue weighted by molar-refractivity contribution is -0.979. The number of rotatable bonds is 2. The van der Waals surface area contributed by atoms with Crippen LogP contribution in [0.1, 0.15) is 30.9 Å². The average molecular weight is 375 g/mol. The van der Waals surface area contributed by atoms with Crippen molar-refractivity contribution in [3.8, 4) is 0 Å². The SMILES string of the molecule is Fc1ccc(C2CCCC[NH+]2n2cc3ccccc3c2)cc1.[Br-]. The number of fused-ring (bicyclic) bond motifs is 1. The van der Waals surface area contributed by atoms with E-state index in [0.29, 0.717) is 6.04 Å². The van der Waals surface area contributed by atoms with Gasteiger partial charge in [-0.2, -0.15) is 0 Å². The van der Waals surface area contributed by atoms with Crippen LogP contribution in [-0.2, 0) is 0 Å². The van der Waals surface area contributed by atoms with E-state index in [9.17, 15) is 4.39 Å². The van der Waals surface area contributed by atoms with Crippen molar-refractivity contribution in [2.45, 2.75) is 25.3 Å². The van der Waals surface area contributed by atoms with E-state index in [1.807, 2.05) is 12.1 Å². The Balaban J connectivity index is 0.00000156. The van der Waals surface area contributed by atoms with E-state index in [1.165, 1.54) is 34.2 Å². The lowest BCUT2D eigenvalue weighted by atomic mass is 9.97. The number of nitrogens with zero attached hydrogens (tertiary/aromatic N) is 1. The van der Waals surface area contributed by atoms with Crippen LogP contribution in [0, 0.1) is 5.82 Å². The molecule has 1 N–H and O–H groups in total. The topological polar surface area (TPSA) is 9.37 Å².